The predicted octanol–water partition coefficient (Wildman–Crippen LogP) is 3.63. The molecule has 0 aliphatic rings. The number of rotatable bonds is 3. The lowest BCUT2D eigenvalue weighted by atomic mass is 10.2. The van der Waals surface area contributed by atoms with Crippen LogP contribution < -0.4 is 0 Å². The number of nitrogens with zero attached hydrogens (tertiary/aromatic N) is 1. The first-order chi connectivity index (χ1) is 8.47. The zero-order valence-corrected chi connectivity index (χ0v) is 12.7. The van der Waals surface area contributed by atoms with E-state index in [1.165, 1.54) is 17.6 Å². The van der Waals surface area contributed by atoms with Gasteiger partial charge >= 0.3 is 0 Å². The Morgan fingerprint density at radius 2 is 1.83 bits per heavy atom. The summed E-state index contributed by atoms with van der Waals surface area (Å²) in [6, 6.07) is 10.3. The molecule has 0 atom stereocenters. The number of benzene rings is 1. The van der Waals surface area contributed by atoms with Crippen LogP contribution >= 0.6 is 27.3 Å². The molecule has 0 amide bonds. The van der Waals surface area contributed by atoms with Crippen molar-refractivity contribution >= 4 is 43.5 Å². The summed E-state index contributed by atoms with van der Waals surface area (Å²) in [5.41, 5.74) is 1.01. The van der Waals surface area contributed by atoms with Crippen LogP contribution in [0.25, 0.3) is 0 Å². The Hall–Kier alpha value is -0.980. The van der Waals surface area contributed by atoms with Crippen molar-refractivity contribution in [1.82, 2.24) is 0 Å². The van der Waals surface area contributed by atoms with Gasteiger partial charge in [0.05, 0.1) is 14.9 Å². The van der Waals surface area contributed by atoms with Crippen molar-refractivity contribution in [2.45, 2.75) is 11.8 Å². The quantitative estimate of drug-likeness (QED) is 0.799. The predicted molar refractivity (Wildman–Crippen MR) is 78.0 cm³/mol. The molecule has 0 aliphatic carbocycles. The molecule has 6 heteroatoms. The molecule has 0 spiro atoms. The van der Waals surface area contributed by atoms with Gasteiger partial charge in [-0.25, -0.2) is 0 Å². The monoisotopic (exact) mass is 343 g/mol. The van der Waals surface area contributed by atoms with Gasteiger partial charge in [0, 0.05) is 4.88 Å². The summed E-state index contributed by atoms with van der Waals surface area (Å²) >= 11 is 4.74. The van der Waals surface area contributed by atoms with Crippen molar-refractivity contribution in [3.05, 3.63) is 50.6 Å². The molecule has 3 nitrogen and oxygen atoms in total. The lowest BCUT2D eigenvalue weighted by Gasteiger charge is -1.98. The average Bonchev–Trinajstić information content (AvgIpc) is 2.73. The minimum atomic E-state index is -3.61. The van der Waals surface area contributed by atoms with Crippen molar-refractivity contribution in [3.8, 4) is 0 Å². The molecule has 0 aliphatic heterocycles. The molecule has 1 aromatic carbocycles. The largest absolute Gasteiger partial charge is 0.282 e. The summed E-state index contributed by atoms with van der Waals surface area (Å²) in [7, 11) is -3.61. The fourth-order valence-electron chi connectivity index (χ4n) is 1.29. The molecule has 0 unspecified atom stereocenters. The van der Waals surface area contributed by atoms with E-state index in [0.717, 1.165) is 14.2 Å². The van der Waals surface area contributed by atoms with E-state index >= 15 is 0 Å². The Balaban J connectivity index is 2.27. The Morgan fingerprint density at radius 3 is 2.39 bits per heavy atom. The third-order valence-corrected chi connectivity index (χ3v) is 5.04. The molecular weight excluding hydrogens is 334 g/mol. The zero-order chi connectivity index (χ0) is 13.2. The fourth-order valence-corrected chi connectivity index (χ4v) is 3.51. The summed E-state index contributed by atoms with van der Waals surface area (Å²) < 4.78 is 28.5. The maximum Gasteiger partial charge on any atom is 0.282 e. The van der Waals surface area contributed by atoms with Crippen molar-refractivity contribution in [2.75, 3.05) is 0 Å². The van der Waals surface area contributed by atoms with Crippen molar-refractivity contribution in [3.63, 3.8) is 0 Å². The van der Waals surface area contributed by atoms with Gasteiger partial charge in [0.25, 0.3) is 10.0 Å². The third kappa shape index (κ3) is 3.28. The van der Waals surface area contributed by atoms with Gasteiger partial charge in [0.15, 0.2) is 0 Å². The molecule has 1 heterocycles. The highest BCUT2D eigenvalue weighted by atomic mass is 79.9. The van der Waals surface area contributed by atoms with Gasteiger partial charge in [0.1, 0.15) is 0 Å². The number of thiophene rings is 1. The van der Waals surface area contributed by atoms with Crippen molar-refractivity contribution in [1.29, 1.82) is 0 Å². The van der Waals surface area contributed by atoms with Gasteiger partial charge in [-0.15, -0.1) is 11.3 Å². The molecule has 0 radical (unpaired) electrons. The van der Waals surface area contributed by atoms with Crippen LogP contribution in [0, 0.1) is 6.92 Å². The SMILES string of the molecule is Cc1ccc(S(=O)(=O)/N=C/c2ccc(Br)s2)cc1. The Morgan fingerprint density at radius 1 is 1.17 bits per heavy atom. The molecule has 1 aromatic heterocycles. The smallest absolute Gasteiger partial charge is 0.199 e. The molecule has 0 N–H and O–H groups in total. The third-order valence-electron chi connectivity index (χ3n) is 2.23. The first kappa shape index (κ1) is 13.5. The summed E-state index contributed by atoms with van der Waals surface area (Å²) in [5, 5.41) is 0. The summed E-state index contributed by atoms with van der Waals surface area (Å²) in [5.74, 6) is 0. The Kier molecular flexibility index (Phi) is 3.99. The second-order valence-electron chi connectivity index (χ2n) is 3.66. The van der Waals surface area contributed by atoms with Gasteiger partial charge in [-0.1, -0.05) is 17.7 Å². The van der Waals surface area contributed by atoms with E-state index in [1.807, 2.05) is 19.1 Å². The maximum atomic E-state index is 11.9. The first-order valence-corrected chi connectivity index (χ1v) is 8.15. The number of hydrogen-bond donors (Lipinski definition) is 0. The molecule has 2 rings (SSSR count). The zero-order valence-electron chi connectivity index (χ0n) is 9.50. The molecular formula is C12H10BrNO2S2. The van der Waals surface area contributed by atoms with Gasteiger partial charge in [0.2, 0.25) is 0 Å². The van der Waals surface area contributed by atoms with Crippen LogP contribution in [-0.2, 0) is 10.0 Å². The van der Waals surface area contributed by atoms with E-state index < -0.39 is 10.0 Å². The first-order valence-electron chi connectivity index (χ1n) is 5.10. The number of halogens is 1. The second kappa shape index (κ2) is 5.34. The maximum absolute atomic E-state index is 11.9. The highest BCUT2D eigenvalue weighted by Gasteiger charge is 2.10. The summed E-state index contributed by atoms with van der Waals surface area (Å²) in [6.45, 7) is 1.91. The van der Waals surface area contributed by atoms with Crippen molar-refractivity contribution in [2.24, 2.45) is 4.40 Å². The van der Waals surface area contributed by atoms with Gasteiger partial charge in [-0.3, -0.25) is 0 Å². The Bertz CT molecular complexity index is 672. The summed E-state index contributed by atoms with van der Waals surface area (Å²) in [4.78, 5) is 0.998. The highest BCUT2D eigenvalue weighted by molar-refractivity contribution is 9.11. The number of aryl methyl sites for hydroxylation is 1. The van der Waals surface area contributed by atoms with E-state index in [-0.39, 0.29) is 4.90 Å². The number of sulfonamides is 1. The lowest BCUT2D eigenvalue weighted by molar-refractivity contribution is 0.598. The van der Waals surface area contributed by atoms with Crippen LogP contribution in [0.2, 0.25) is 0 Å². The van der Waals surface area contributed by atoms with Crippen molar-refractivity contribution < 1.29 is 8.42 Å². The van der Waals surface area contributed by atoms with E-state index in [1.54, 1.807) is 24.3 Å². The molecule has 0 saturated heterocycles. The number of hydrogen-bond acceptors (Lipinski definition) is 3. The van der Waals surface area contributed by atoms with E-state index in [9.17, 15) is 8.42 Å². The van der Waals surface area contributed by atoms with Crippen LogP contribution in [-0.4, -0.2) is 14.6 Å². The van der Waals surface area contributed by atoms with Gasteiger partial charge in [-0.05, 0) is 47.1 Å². The fraction of sp³-hybridized carbons (Fsp3) is 0.0833. The van der Waals surface area contributed by atoms with Crippen LogP contribution in [0.1, 0.15) is 10.4 Å². The highest BCUT2D eigenvalue weighted by Crippen LogP contribution is 2.21. The van der Waals surface area contributed by atoms with E-state index in [2.05, 4.69) is 20.3 Å². The van der Waals surface area contributed by atoms with E-state index in [4.69, 9.17) is 0 Å². The molecule has 94 valence electrons. The molecule has 0 fully saturated rings. The average molecular weight is 344 g/mol. The van der Waals surface area contributed by atoms with Gasteiger partial charge in [-0.2, -0.15) is 12.8 Å². The normalized spacial score (nSPS) is 12.1. The molecule has 0 saturated carbocycles. The topological polar surface area (TPSA) is 46.5 Å². The molecule has 2 aromatic rings. The van der Waals surface area contributed by atoms with E-state index in [0.29, 0.717) is 0 Å². The molecule has 0 bridgehead atoms. The van der Waals surface area contributed by atoms with Crippen LogP contribution in [0.3, 0.4) is 0 Å². The standard InChI is InChI=1S/C12H10BrNO2S2/c1-9-2-5-11(6-3-9)18(15,16)14-8-10-4-7-12(13)17-10/h2-8H,1H3/b14-8+. The lowest BCUT2D eigenvalue weighted by Crippen LogP contribution is -1.97. The second-order valence-corrected chi connectivity index (χ2v) is 7.79. The van der Waals surface area contributed by atoms with Crippen LogP contribution in [0.15, 0.2) is 49.5 Å². The summed E-state index contributed by atoms with van der Waals surface area (Å²) in [6.07, 6.45) is 1.37. The Labute approximate surface area is 118 Å². The molecule has 18 heavy (non-hydrogen) atoms. The van der Waals surface area contributed by atoms with Crippen LogP contribution in [0.4, 0.5) is 0 Å². The minimum absolute atomic E-state index is 0.208. The minimum Gasteiger partial charge on any atom is -0.199 e. The van der Waals surface area contributed by atoms with Gasteiger partial charge < -0.3 is 0 Å². The van der Waals surface area contributed by atoms with Crippen LogP contribution in [0.5, 0.6) is 0 Å².